The van der Waals surface area contributed by atoms with Crippen LogP contribution in [0.5, 0.6) is 0 Å². The molecule has 48 valence electrons. The lowest BCUT2D eigenvalue weighted by molar-refractivity contribution is 0.681. The van der Waals surface area contributed by atoms with Gasteiger partial charge in [0.2, 0.25) is 0 Å². The van der Waals surface area contributed by atoms with Crippen LogP contribution in [0.4, 0.5) is 0 Å². The summed E-state index contributed by atoms with van der Waals surface area (Å²) in [6.07, 6.45) is 0. The molecule has 0 aromatic carbocycles. The van der Waals surface area contributed by atoms with Crippen LogP contribution in [-0.2, 0) is 0 Å². The smallest absolute Gasteiger partial charge is 0.00209 e. The van der Waals surface area contributed by atoms with Gasteiger partial charge in [0.15, 0.2) is 0 Å². The summed E-state index contributed by atoms with van der Waals surface area (Å²) in [4.78, 5) is 0. The van der Waals surface area contributed by atoms with Crippen molar-refractivity contribution in [1.29, 1.82) is 0 Å². The minimum Gasteiger partial charge on any atom is -0.226 e. The lowest BCUT2D eigenvalue weighted by Gasteiger charge is -1.85. The molecule has 0 rings (SSSR count). The lowest BCUT2D eigenvalue weighted by Crippen LogP contribution is -1.89. The van der Waals surface area contributed by atoms with E-state index in [-0.39, 0.29) is 12.4 Å². The van der Waals surface area contributed by atoms with Crippen LogP contribution >= 0.6 is 24.2 Å². The van der Waals surface area contributed by atoms with Crippen molar-refractivity contribution >= 4 is 24.2 Å². The van der Waals surface area contributed by atoms with Crippen molar-refractivity contribution in [2.45, 2.75) is 13.8 Å². The molecule has 1 nitrogen and oxygen atoms in total. The van der Waals surface area contributed by atoms with Gasteiger partial charge in [-0.3, -0.25) is 0 Å². The summed E-state index contributed by atoms with van der Waals surface area (Å²) in [5.74, 6) is 0. The predicted octanol–water partition coefficient (Wildman–Crippen LogP) is 2.15. The summed E-state index contributed by atoms with van der Waals surface area (Å²) in [6.45, 7) is 4.00. The monoisotopic (exact) mass is 145 g/mol. The molecule has 0 atom stereocenters. The Labute approximate surface area is 57.2 Å². The molecule has 0 aromatic rings. The summed E-state index contributed by atoms with van der Waals surface area (Å²) in [5.41, 5.74) is 0. The molecule has 0 fully saturated rings. The molecule has 0 amide bonds. The van der Waals surface area contributed by atoms with Crippen LogP contribution in [0.15, 0.2) is 0 Å². The van der Waals surface area contributed by atoms with E-state index in [4.69, 9.17) is 11.8 Å². The van der Waals surface area contributed by atoms with Crippen LogP contribution in [0, 0.1) is 0 Å². The standard InChI is InChI=1S/C2H6ClN.C2H6.ClH/c1-4(2)3;1-2;/h1-2H3;1-2H3;1H. The van der Waals surface area contributed by atoms with Crippen LogP contribution in [0.25, 0.3) is 0 Å². The Morgan fingerprint density at radius 1 is 1.14 bits per heavy atom. The van der Waals surface area contributed by atoms with Crippen LogP contribution in [0.2, 0.25) is 0 Å². The topological polar surface area (TPSA) is 3.24 Å². The zero-order valence-corrected chi connectivity index (χ0v) is 6.81. The Kier molecular flexibility index (Phi) is 35.8. The maximum absolute atomic E-state index is 5.11. The third-order valence-corrected chi connectivity index (χ3v) is 0. The van der Waals surface area contributed by atoms with E-state index < -0.39 is 0 Å². The van der Waals surface area contributed by atoms with Gasteiger partial charge in [0.05, 0.1) is 0 Å². The van der Waals surface area contributed by atoms with Gasteiger partial charge in [-0.25, -0.2) is 4.42 Å². The Morgan fingerprint density at radius 2 is 1.14 bits per heavy atom. The molecule has 0 aliphatic carbocycles. The summed E-state index contributed by atoms with van der Waals surface area (Å²) in [5, 5.41) is 0. The van der Waals surface area contributed by atoms with Crippen molar-refractivity contribution in [2.75, 3.05) is 14.1 Å². The molecule has 0 N–H and O–H groups in total. The Morgan fingerprint density at radius 3 is 1.14 bits per heavy atom. The van der Waals surface area contributed by atoms with E-state index in [0.29, 0.717) is 0 Å². The predicted molar refractivity (Wildman–Crippen MR) is 38.1 cm³/mol. The fraction of sp³-hybridized carbons (Fsp3) is 1.00. The van der Waals surface area contributed by atoms with Gasteiger partial charge in [0, 0.05) is 14.1 Å². The van der Waals surface area contributed by atoms with Crippen LogP contribution in [-0.4, -0.2) is 18.5 Å². The molecule has 7 heavy (non-hydrogen) atoms. The normalized spacial score (nSPS) is 6.00. The molecule has 0 heterocycles. The lowest BCUT2D eigenvalue weighted by atomic mass is 11.0. The van der Waals surface area contributed by atoms with Crippen molar-refractivity contribution in [3.63, 3.8) is 0 Å². The Balaban J connectivity index is -0.0000000480. The van der Waals surface area contributed by atoms with Gasteiger partial charge in [-0.05, 0) is 11.8 Å². The van der Waals surface area contributed by atoms with E-state index in [1.54, 1.807) is 14.1 Å². The van der Waals surface area contributed by atoms with Gasteiger partial charge in [0.25, 0.3) is 0 Å². The summed E-state index contributed by atoms with van der Waals surface area (Å²) in [7, 11) is 3.53. The van der Waals surface area contributed by atoms with Gasteiger partial charge >= 0.3 is 0 Å². The van der Waals surface area contributed by atoms with Crippen molar-refractivity contribution in [2.24, 2.45) is 0 Å². The van der Waals surface area contributed by atoms with Crippen molar-refractivity contribution in [3.8, 4) is 0 Å². The highest BCUT2D eigenvalue weighted by Gasteiger charge is 1.62. The van der Waals surface area contributed by atoms with Crippen molar-refractivity contribution < 1.29 is 0 Å². The highest BCUT2D eigenvalue weighted by molar-refractivity contribution is 6.12. The Hall–Kier alpha value is 0.540. The number of halogens is 2. The molecule has 0 saturated heterocycles. The van der Waals surface area contributed by atoms with Crippen LogP contribution in [0.3, 0.4) is 0 Å². The van der Waals surface area contributed by atoms with E-state index in [0.717, 1.165) is 0 Å². The SMILES string of the molecule is CC.CN(C)Cl.Cl. The molecule has 3 heteroatoms. The first-order chi connectivity index (χ1) is 2.73. The van der Waals surface area contributed by atoms with E-state index in [1.807, 2.05) is 13.8 Å². The quantitative estimate of drug-likeness (QED) is 0.473. The summed E-state index contributed by atoms with van der Waals surface area (Å²) < 4.78 is 1.47. The third-order valence-electron chi connectivity index (χ3n) is 0. The maximum Gasteiger partial charge on any atom is 0.00209 e. The largest absolute Gasteiger partial charge is 0.226 e. The number of hydrogen-bond acceptors (Lipinski definition) is 1. The third kappa shape index (κ3) is 462. The van der Waals surface area contributed by atoms with Crippen molar-refractivity contribution in [1.82, 2.24) is 4.42 Å². The van der Waals surface area contributed by atoms with Crippen LogP contribution < -0.4 is 0 Å². The molecule has 0 aromatic heterocycles. The first-order valence-electron chi connectivity index (χ1n) is 2.06. The number of rotatable bonds is 0. The van der Waals surface area contributed by atoms with Gasteiger partial charge in [0.1, 0.15) is 0 Å². The minimum atomic E-state index is 0. The zero-order valence-electron chi connectivity index (χ0n) is 5.23. The van der Waals surface area contributed by atoms with Gasteiger partial charge in [-0.15, -0.1) is 12.4 Å². The molecular weight excluding hydrogens is 133 g/mol. The number of hydrogen-bond donors (Lipinski definition) is 0. The van der Waals surface area contributed by atoms with E-state index in [2.05, 4.69) is 0 Å². The molecular formula is C4H13Cl2N. The highest BCUT2D eigenvalue weighted by atomic mass is 35.5. The fourth-order valence-electron chi connectivity index (χ4n) is 0. The second-order valence-electron chi connectivity index (χ2n) is 0.785. The van der Waals surface area contributed by atoms with Gasteiger partial charge in [-0.1, -0.05) is 13.8 Å². The van der Waals surface area contributed by atoms with E-state index >= 15 is 0 Å². The average Bonchev–Trinajstić information content (AvgIpc) is 1.41. The number of nitrogens with zero attached hydrogens (tertiary/aromatic N) is 1. The maximum atomic E-state index is 5.11. The molecule has 0 aliphatic rings. The summed E-state index contributed by atoms with van der Waals surface area (Å²) >= 11 is 5.11. The first-order valence-corrected chi connectivity index (χ1v) is 2.40. The van der Waals surface area contributed by atoms with Gasteiger partial charge < -0.3 is 0 Å². The Bertz CT molecular complexity index is 14.4. The minimum absolute atomic E-state index is 0. The van der Waals surface area contributed by atoms with Gasteiger partial charge in [-0.2, -0.15) is 0 Å². The highest BCUT2D eigenvalue weighted by Crippen LogP contribution is 1.71. The second kappa shape index (κ2) is 16.0. The van der Waals surface area contributed by atoms with E-state index in [9.17, 15) is 0 Å². The van der Waals surface area contributed by atoms with Crippen molar-refractivity contribution in [3.05, 3.63) is 0 Å². The fourth-order valence-corrected chi connectivity index (χ4v) is 0. The average molecular weight is 146 g/mol. The molecule has 0 bridgehead atoms. The molecule has 0 spiro atoms. The first kappa shape index (κ1) is 15.6. The molecule has 0 aliphatic heterocycles. The molecule has 0 radical (unpaired) electrons. The second-order valence-corrected chi connectivity index (χ2v) is 1.46. The zero-order chi connectivity index (χ0) is 5.58. The molecule has 0 saturated carbocycles. The summed E-state index contributed by atoms with van der Waals surface area (Å²) in [6, 6.07) is 0. The van der Waals surface area contributed by atoms with E-state index in [1.165, 1.54) is 4.42 Å². The molecule has 0 unspecified atom stereocenters. The van der Waals surface area contributed by atoms with Crippen LogP contribution in [0.1, 0.15) is 13.8 Å².